The third-order valence-corrected chi connectivity index (χ3v) is 6.06. The zero-order chi connectivity index (χ0) is 23.9. The summed E-state index contributed by atoms with van der Waals surface area (Å²) < 4.78 is 25.4. The zero-order valence-electron chi connectivity index (χ0n) is 20.7. The van der Waals surface area contributed by atoms with Gasteiger partial charge in [0.1, 0.15) is 5.75 Å². The fourth-order valence-corrected chi connectivity index (χ4v) is 3.63. The number of hydrogen-bond acceptors (Lipinski definition) is 3. The molecule has 0 heterocycles. The Morgan fingerprint density at radius 2 is 1.45 bits per heavy atom. The van der Waals surface area contributed by atoms with E-state index in [1.165, 1.54) is 51.0 Å². The van der Waals surface area contributed by atoms with Crippen molar-refractivity contribution in [2.75, 3.05) is 6.61 Å². The number of unbranched alkanes of at least 4 members (excludes halogenated alkanes) is 8. The van der Waals surface area contributed by atoms with Crippen LogP contribution in [0.2, 0.25) is 0 Å². The number of halogens is 1. The quantitative estimate of drug-likeness (QED) is 0.144. The van der Waals surface area contributed by atoms with Crippen molar-refractivity contribution < 1.29 is 18.7 Å². The molecule has 182 valence electrons. The fourth-order valence-electron chi connectivity index (χ4n) is 3.63. The van der Waals surface area contributed by atoms with E-state index < -0.39 is 0 Å². The molecule has 0 aliphatic heterocycles. The monoisotopic (exact) mass is 456 g/mol. The van der Waals surface area contributed by atoms with Gasteiger partial charge in [0.2, 0.25) is 0 Å². The Bertz CT molecular complexity index is 816. The molecule has 0 amide bonds. The van der Waals surface area contributed by atoms with E-state index in [0.29, 0.717) is 24.7 Å². The number of rotatable bonds is 16. The normalized spacial score (nSPS) is 11.9. The maximum absolute atomic E-state index is 14.4. The summed E-state index contributed by atoms with van der Waals surface area (Å²) in [6.45, 7) is 6.91. The van der Waals surface area contributed by atoms with Crippen molar-refractivity contribution in [2.24, 2.45) is 5.92 Å². The smallest absolute Gasteiger partial charge is 0.311 e. The molecule has 0 aliphatic carbocycles. The lowest BCUT2D eigenvalue weighted by Gasteiger charge is -2.12. The van der Waals surface area contributed by atoms with Gasteiger partial charge in [-0.15, -0.1) is 0 Å². The number of carbonyl (C=O) groups is 1. The molecule has 0 spiro atoms. The Balaban J connectivity index is 1.73. The first-order valence-corrected chi connectivity index (χ1v) is 12.8. The molecule has 0 bridgehead atoms. The van der Waals surface area contributed by atoms with Crippen molar-refractivity contribution >= 4 is 5.97 Å². The molecule has 0 aliphatic rings. The Morgan fingerprint density at radius 1 is 0.848 bits per heavy atom. The van der Waals surface area contributed by atoms with Gasteiger partial charge in [-0.3, -0.25) is 4.79 Å². The van der Waals surface area contributed by atoms with Crippen LogP contribution in [-0.2, 0) is 4.79 Å². The minimum Gasteiger partial charge on any atom is -0.490 e. The molecule has 0 aromatic heterocycles. The van der Waals surface area contributed by atoms with Crippen molar-refractivity contribution in [1.29, 1.82) is 0 Å². The predicted molar refractivity (Wildman–Crippen MR) is 134 cm³/mol. The lowest BCUT2D eigenvalue weighted by Crippen LogP contribution is -2.08. The first-order chi connectivity index (χ1) is 16.0. The molecule has 2 aromatic rings. The molecule has 0 saturated carbocycles. The second-order valence-electron chi connectivity index (χ2n) is 9.05. The fraction of sp³-hybridized carbons (Fsp3) is 0.552. The van der Waals surface area contributed by atoms with E-state index in [-0.39, 0.29) is 17.5 Å². The highest BCUT2D eigenvalue weighted by molar-refractivity contribution is 5.73. The van der Waals surface area contributed by atoms with Crippen molar-refractivity contribution in [1.82, 2.24) is 0 Å². The first kappa shape index (κ1) is 26.9. The van der Waals surface area contributed by atoms with Crippen molar-refractivity contribution in [3.63, 3.8) is 0 Å². The van der Waals surface area contributed by atoms with Crippen LogP contribution in [-0.4, -0.2) is 12.6 Å². The Kier molecular flexibility index (Phi) is 12.6. The van der Waals surface area contributed by atoms with E-state index in [1.54, 1.807) is 18.2 Å². The van der Waals surface area contributed by atoms with Crippen LogP contribution in [0.1, 0.15) is 91.4 Å². The number of benzene rings is 2. The van der Waals surface area contributed by atoms with Crippen molar-refractivity contribution in [2.45, 2.75) is 91.4 Å². The van der Waals surface area contributed by atoms with Gasteiger partial charge in [0, 0.05) is 6.42 Å². The maximum Gasteiger partial charge on any atom is 0.311 e. The van der Waals surface area contributed by atoms with Gasteiger partial charge in [-0.05, 0) is 47.7 Å². The summed E-state index contributed by atoms with van der Waals surface area (Å²) in [7, 11) is 0. The topological polar surface area (TPSA) is 35.5 Å². The SMILES string of the molecule is CCCCCCCCCCCC(=O)Oc1ccc(-c2ccc(OC[C@@H](C)CC)c(F)c2)cc1. The van der Waals surface area contributed by atoms with Gasteiger partial charge < -0.3 is 9.47 Å². The molecule has 0 unspecified atom stereocenters. The van der Waals surface area contributed by atoms with Gasteiger partial charge >= 0.3 is 5.97 Å². The summed E-state index contributed by atoms with van der Waals surface area (Å²) in [5, 5.41) is 0. The van der Waals surface area contributed by atoms with Gasteiger partial charge in [0.15, 0.2) is 11.6 Å². The van der Waals surface area contributed by atoms with E-state index >= 15 is 0 Å². The maximum atomic E-state index is 14.4. The number of carbonyl (C=O) groups excluding carboxylic acids is 1. The van der Waals surface area contributed by atoms with Crippen LogP contribution in [0.4, 0.5) is 4.39 Å². The average molecular weight is 457 g/mol. The highest BCUT2D eigenvalue weighted by Crippen LogP contribution is 2.27. The second kappa shape index (κ2) is 15.5. The molecular formula is C29H41FO3. The Hall–Kier alpha value is -2.36. The van der Waals surface area contributed by atoms with Gasteiger partial charge in [-0.1, -0.05) is 96.8 Å². The molecule has 1 atom stereocenters. The van der Waals surface area contributed by atoms with E-state index in [2.05, 4.69) is 20.8 Å². The van der Waals surface area contributed by atoms with E-state index in [9.17, 15) is 9.18 Å². The minimum atomic E-state index is -0.368. The van der Waals surface area contributed by atoms with Crippen LogP contribution < -0.4 is 9.47 Å². The van der Waals surface area contributed by atoms with Gasteiger partial charge in [-0.25, -0.2) is 4.39 Å². The average Bonchev–Trinajstić information content (AvgIpc) is 2.82. The highest BCUT2D eigenvalue weighted by Gasteiger charge is 2.09. The molecule has 0 radical (unpaired) electrons. The van der Waals surface area contributed by atoms with Gasteiger partial charge in [0.25, 0.3) is 0 Å². The third kappa shape index (κ3) is 10.4. The molecule has 33 heavy (non-hydrogen) atoms. The number of esters is 1. The van der Waals surface area contributed by atoms with Crippen LogP contribution in [0, 0.1) is 11.7 Å². The Morgan fingerprint density at radius 3 is 2.06 bits per heavy atom. The summed E-state index contributed by atoms with van der Waals surface area (Å²) in [6.07, 6.45) is 12.4. The van der Waals surface area contributed by atoms with Crippen LogP contribution in [0.15, 0.2) is 42.5 Å². The highest BCUT2D eigenvalue weighted by atomic mass is 19.1. The standard InChI is InChI=1S/C29H41FO3/c1-4-6-7-8-9-10-11-12-13-14-29(31)33-26-18-15-24(16-19-26)25-17-20-28(27(30)21-25)32-22-23(3)5-2/h15-21,23H,4-14,22H2,1-3H3/t23-/m0/s1. The predicted octanol–water partition coefficient (Wildman–Crippen LogP) is 8.74. The van der Waals surface area contributed by atoms with Crippen LogP contribution >= 0.6 is 0 Å². The third-order valence-electron chi connectivity index (χ3n) is 6.06. The number of ether oxygens (including phenoxy) is 2. The van der Waals surface area contributed by atoms with Crippen molar-refractivity contribution in [3.05, 3.63) is 48.3 Å². The van der Waals surface area contributed by atoms with E-state index in [0.717, 1.165) is 30.4 Å². The number of hydrogen-bond donors (Lipinski definition) is 0. The molecule has 0 N–H and O–H groups in total. The largest absolute Gasteiger partial charge is 0.490 e. The summed E-state index contributed by atoms with van der Waals surface area (Å²) in [6, 6.07) is 12.2. The summed E-state index contributed by atoms with van der Waals surface area (Å²) >= 11 is 0. The van der Waals surface area contributed by atoms with Crippen LogP contribution in [0.3, 0.4) is 0 Å². The molecule has 0 saturated heterocycles. The van der Waals surface area contributed by atoms with Gasteiger partial charge in [-0.2, -0.15) is 0 Å². The second-order valence-corrected chi connectivity index (χ2v) is 9.05. The zero-order valence-corrected chi connectivity index (χ0v) is 20.7. The lowest BCUT2D eigenvalue weighted by molar-refractivity contribution is -0.134. The summed E-state index contributed by atoms with van der Waals surface area (Å²) in [4.78, 5) is 12.1. The molecule has 2 rings (SSSR count). The summed E-state index contributed by atoms with van der Waals surface area (Å²) in [5.41, 5.74) is 1.62. The van der Waals surface area contributed by atoms with E-state index in [1.807, 2.05) is 18.2 Å². The van der Waals surface area contributed by atoms with Crippen molar-refractivity contribution in [3.8, 4) is 22.6 Å². The van der Waals surface area contributed by atoms with Crippen LogP contribution in [0.5, 0.6) is 11.5 Å². The summed E-state index contributed by atoms with van der Waals surface area (Å²) in [5.74, 6) is 0.626. The first-order valence-electron chi connectivity index (χ1n) is 12.8. The lowest BCUT2D eigenvalue weighted by atomic mass is 10.1. The molecule has 2 aromatic carbocycles. The van der Waals surface area contributed by atoms with E-state index in [4.69, 9.17) is 9.47 Å². The van der Waals surface area contributed by atoms with Crippen LogP contribution in [0.25, 0.3) is 11.1 Å². The molecule has 4 heteroatoms. The van der Waals surface area contributed by atoms with Gasteiger partial charge in [0.05, 0.1) is 6.61 Å². The Labute approximate surface area is 199 Å². The molecular weight excluding hydrogens is 415 g/mol. The minimum absolute atomic E-state index is 0.195. The molecule has 0 fully saturated rings. The molecule has 3 nitrogen and oxygen atoms in total.